The summed E-state index contributed by atoms with van der Waals surface area (Å²) < 4.78 is 73.7. The molecule has 6 heterocycles. The van der Waals surface area contributed by atoms with Crippen LogP contribution in [0, 0.1) is 5.82 Å². The Morgan fingerprint density at radius 1 is 1.19 bits per heavy atom. The zero-order valence-electron chi connectivity index (χ0n) is 17.6. The van der Waals surface area contributed by atoms with Crippen LogP contribution >= 0.6 is 7.82 Å². The Kier molecular flexibility index (Phi) is 4.68. The number of amides is 1. The van der Waals surface area contributed by atoms with E-state index in [1.807, 2.05) is 0 Å². The molecule has 1 amide bonds. The molecule has 13 nitrogen and oxygen atoms in total. The van der Waals surface area contributed by atoms with Gasteiger partial charge >= 0.3 is 25.6 Å². The number of pyridine rings is 1. The van der Waals surface area contributed by atoms with Crippen LogP contribution in [-0.4, -0.2) is 60.6 Å². The molecule has 1 aromatic carbocycles. The first-order chi connectivity index (χ1) is 17.1. The quantitative estimate of drug-likeness (QED) is 0.474. The number of tetrazole rings is 1. The predicted molar refractivity (Wildman–Crippen MR) is 110 cm³/mol. The van der Waals surface area contributed by atoms with Gasteiger partial charge in [0.2, 0.25) is 5.82 Å². The molecule has 4 saturated heterocycles. The Morgan fingerprint density at radius 3 is 2.58 bits per heavy atom. The monoisotopic (exact) mass is 524 g/mol. The van der Waals surface area contributed by atoms with Crippen LogP contribution in [0.25, 0.3) is 28.8 Å². The number of phosphoric acid groups is 1. The van der Waals surface area contributed by atoms with Crippen LogP contribution in [0.3, 0.4) is 0 Å². The van der Waals surface area contributed by atoms with Crippen molar-refractivity contribution in [3.63, 3.8) is 0 Å². The van der Waals surface area contributed by atoms with Crippen molar-refractivity contribution in [1.29, 1.82) is 0 Å². The summed E-state index contributed by atoms with van der Waals surface area (Å²) in [5.41, 5.74) is 0.499. The zero-order valence-corrected chi connectivity index (χ0v) is 18.5. The molecule has 4 fully saturated rings. The fraction of sp³-hybridized carbons (Fsp3) is 0.211. The Hall–Kier alpha value is -3.69. The first-order valence-corrected chi connectivity index (χ1v) is 11.5. The largest absolute Gasteiger partial charge is 0.486 e. The lowest BCUT2D eigenvalue weighted by Crippen LogP contribution is -2.65. The van der Waals surface area contributed by atoms with Gasteiger partial charge in [-0.15, -0.1) is 15.0 Å². The molecule has 17 heteroatoms. The second-order valence-electron chi connectivity index (χ2n) is 7.67. The molecular weight excluding hydrogens is 512 g/mol. The van der Waals surface area contributed by atoms with E-state index in [2.05, 4.69) is 27.0 Å². The normalized spacial score (nSPS) is 29.1. The number of benzene rings is 1. The maximum Gasteiger partial charge on any atom is 0.486 e. The maximum absolute atomic E-state index is 15.1. The third-order valence-electron chi connectivity index (χ3n) is 5.61. The SMILES string of the molecule is C=Cn1nnc(-c2ccc(-c3ccc(N4C(=O)O[C@@]5([C@H](O)C(F)F)OP6(=O)OC45O6)cc3F)cn2)n1. The molecule has 36 heavy (non-hydrogen) atoms. The number of ether oxygens (including phenoxy) is 1. The summed E-state index contributed by atoms with van der Waals surface area (Å²) in [6.07, 6.45) is -4.93. The van der Waals surface area contributed by atoms with E-state index in [0.29, 0.717) is 16.2 Å². The van der Waals surface area contributed by atoms with Crippen LogP contribution in [0.2, 0.25) is 0 Å². The summed E-state index contributed by atoms with van der Waals surface area (Å²) in [6, 6.07) is 6.46. The lowest BCUT2D eigenvalue weighted by atomic mass is 10.0. The van der Waals surface area contributed by atoms with E-state index >= 15 is 4.39 Å². The van der Waals surface area contributed by atoms with Crippen LogP contribution in [0.1, 0.15) is 0 Å². The van der Waals surface area contributed by atoms with Gasteiger partial charge in [0.25, 0.3) is 6.43 Å². The molecule has 186 valence electrons. The van der Waals surface area contributed by atoms with Gasteiger partial charge in [0.1, 0.15) is 11.5 Å². The summed E-state index contributed by atoms with van der Waals surface area (Å²) in [7, 11) is -4.37. The average molecular weight is 524 g/mol. The Morgan fingerprint density at radius 2 is 1.97 bits per heavy atom. The number of halogens is 3. The Bertz CT molecular complexity index is 1460. The second kappa shape index (κ2) is 7.41. The third-order valence-corrected chi connectivity index (χ3v) is 7.05. The fourth-order valence-corrected chi connectivity index (χ4v) is 5.73. The summed E-state index contributed by atoms with van der Waals surface area (Å²) in [4.78, 5) is 18.4. The standard InChI is InChI=1S/C19H12F3N6O7P/c1-2-27-25-16(24-26-27)13-6-3-9(8-23-13)11-5-4-10(7-12(11)20)28-17(30)32-18(14(29)15(21)22)19(28)34-36(31,33-18)35-19/h2-8,14-15,29H,1H2/t14-,18+,19?,36?/m1/s1. The minimum Gasteiger partial charge on any atom is -0.404 e. The van der Waals surface area contributed by atoms with Crippen LogP contribution < -0.4 is 4.90 Å². The van der Waals surface area contributed by atoms with Crippen molar-refractivity contribution in [2.24, 2.45) is 0 Å². The number of alkyl halides is 2. The number of aromatic nitrogens is 5. The molecule has 7 rings (SSSR count). The zero-order chi connectivity index (χ0) is 25.5. The fourth-order valence-electron chi connectivity index (χ4n) is 4.02. The number of phosphoric ester groups is 1. The molecule has 0 unspecified atom stereocenters. The molecule has 0 radical (unpaired) electrons. The van der Waals surface area contributed by atoms with E-state index in [1.54, 1.807) is 6.07 Å². The number of aliphatic hydroxyl groups excluding tert-OH is 1. The summed E-state index contributed by atoms with van der Waals surface area (Å²) >= 11 is 0. The molecule has 1 N–H and O–H groups in total. The highest BCUT2D eigenvalue weighted by Gasteiger charge is 2.92. The van der Waals surface area contributed by atoms with Gasteiger partial charge in [-0.2, -0.15) is 0 Å². The molecule has 0 aliphatic carbocycles. The highest BCUT2D eigenvalue weighted by Crippen LogP contribution is 2.81. The van der Waals surface area contributed by atoms with E-state index in [4.69, 9.17) is 18.3 Å². The number of hydrogen-bond donors (Lipinski definition) is 1. The number of nitrogens with zero attached hydrogens (tertiary/aromatic N) is 6. The average Bonchev–Trinajstić information content (AvgIpc) is 3.52. The van der Waals surface area contributed by atoms with Gasteiger partial charge in [-0.25, -0.2) is 41.0 Å². The van der Waals surface area contributed by atoms with Gasteiger partial charge in [0.15, 0.2) is 6.10 Å². The van der Waals surface area contributed by atoms with Gasteiger partial charge < -0.3 is 9.84 Å². The smallest absolute Gasteiger partial charge is 0.404 e. The van der Waals surface area contributed by atoms with Crippen molar-refractivity contribution in [1.82, 2.24) is 25.2 Å². The van der Waals surface area contributed by atoms with Crippen molar-refractivity contribution in [3.05, 3.63) is 48.9 Å². The van der Waals surface area contributed by atoms with E-state index in [9.17, 15) is 23.2 Å². The van der Waals surface area contributed by atoms with E-state index in [-0.39, 0.29) is 17.1 Å². The summed E-state index contributed by atoms with van der Waals surface area (Å²) in [5, 5.41) is 21.6. The minimum absolute atomic E-state index is 0.0632. The molecule has 2 aromatic heterocycles. The number of carbonyl (C=O) groups is 1. The Labute approximate surface area is 198 Å². The topological polar surface area (TPSA) is 151 Å². The van der Waals surface area contributed by atoms with Crippen molar-refractivity contribution < 1.29 is 45.9 Å². The third kappa shape index (κ3) is 2.93. The second-order valence-corrected chi connectivity index (χ2v) is 9.11. The molecule has 2 bridgehead atoms. The van der Waals surface area contributed by atoms with Crippen LogP contribution in [-0.2, 0) is 22.9 Å². The first kappa shape index (κ1) is 22.8. The molecule has 1 spiro atoms. The van der Waals surface area contributed by atoms with Crippen molar-refractivity contribution >= 4 is 25.8 Å². The lowest BCUT2D eigenvalue weighted by molar-refractivity contribution is -0.297. The number of aliphatic hydroxyl groups is 1. The van der Waals surface area contributed by atoms with Gasteiger partial charge in [-0.1, -0.05) is 12.6 Å². The predicted octanol–water partition coefficient (Wildman–Crippen LogP) is 2.76. The minimum atomic E-state index is -4.37. The number of anilines is 1. The molecular formula is C19H12F3N6O7P. The van der Waals surface area contributed by atoms with Gasteiger partial charge in [-0.3, -0.25) is 4.98 Å². The summed E-state index contributed by atoms with van der Waals surface area (Å²) in [6.45, 7) is 3.51. The molecule has 4 aliphatic heterocycles. The van der Waals surface area contributed by atoms with Crippen LogP contribution in [0.4, 0.5) is 23.7 Å². The number of carbonyl (C=O) groups excluding carboxylic acids is 1. The van der Waals surface area contributed by atoms with Gasteiger partial charge in [0.05, 0.1) is 5.69 Å². The molecule has 0 saturated carbocycles. The van der Waals surface area contributed by atoms with Gasteiger partial charge in [0, 0.05) is 23.5 Å². The van der Waals surface area contributed by atoms with E-state index < -0.39 is 44.0 Å². The lowest BCUT2D eigenvalue weighted by Gasteiger charge is -2.39. The van der Waals surface area contributed by atoms with E-state index in [0.717, 1.165) is 10.9 Å². The van der Waals surface area contributed by atoms with Crippen molar-refractivity contribution in [3.8, 4) is 22.6 Å². The maximum atomic E-state index is 15.1. The highest BCUT2D eigenvalue weighted by molar-refractivity contribution is 7.50. The summed E-state index contributed by atoms with van der Waals surface area (Å²) in [5.74, 6) is -6.21. The Balaban J connectivity index is 1.32. The van der Waals surface area contributed by atoms with Gasteiger partial charge in [-0.05, 0) is 29.5 Å². The van der Waals surface area contributed by atoms with Crippen LogP contribution in [0.5, 0.6) is 0 Å². The number of hydrogen-bond acceptors (Lipinski definition) is 11. The highest BCUT2D eigenvalue weighted by atomic mass is 31.2. The molecule has 4 aliphatic rings. The first-order valence-electron chi connectivity index (χ1n) is 10.0. The van der Waals surface area contributed by atoms with Crippen molar-refractivity contribution in [2.75, 3.05) is 4.90 Å². The van der Waals surface area contributed by atoms with E-state index in [1.165, 1.54) is 30.6 Å². The molecule has 2 atom stereocenters. The van der Waals surface area contributed by atoms with Crippen LogP contribution in [0.15, 0.2) is 43.1 Å². The number of rotatable bonds is 6. The van der Waals surface area contributed by atoms with Crippen molar-refractivity contribution in [2.45, 2.75) is 24.2 Å². The molecule has 3 aromatic rings.